The number of halogens is 1. The second-order valence-corrected chi connectivity index (χ2v) is 8.36. The molecule has 29 heavy (non-hydrogen) atoms. The first-order valence-electron chi connectivity index (χ1n) is 9.84. The van der Waals surface area contributed by atoms with Gasteiger partial charge in [0.2, 0.25) is 16.9 Å². The molecule has 0 unspecified atom stereocenters. The van der Waals surface area contributed by atoms with Gasteiger partial charge in [0.25, 0.3) is 0 Å². The number of nitrogens with zero attached hydrogens (tertiary/aromatic N) is 4. The Labute approximate surface area is 173 Å². The van der Waals surface area contributed by atoms with Crippen molar-refractivity contribution in [3.8, 4) is 0 Å². The zero-order chi connectivity index (χ0) is 20.8. The van der Waals surface area contributed by atoms with Crippen LogP contribution in [-0.4, -0.2) is 53.1 Å². The summed E-state index contributed by atoms with van der Waals surface area (Å²) in [6, 6.07) is 6.41. The van der Waals surface area contributed by atoms with Gasteiger partial charge in [-0.05, 0) is 30.7 Å². The van der Waals surface area contributed by atoms with Gasteiger partial charge in [0.15, 0.2) is 0 Å². The normalized spacial score (nSPS) is 14.3. The van der Waals surface area contributed by atoms with Gasteiger partial charge >= 0.3 is 0 Å². The number of amides is 2. The third-order valence-corrected chi connectivity index (χ3v) is 5.94. The number of aromatic nitrogens is 2. The lowest BCUT2D eigenvalue weighted by molar-refractivity contribution is -0.131. The average Bonchev–Trinajstić information content (AvgIpc) is 3.17. The van der Waals surface area contributed by atoms with E-state index >= 15 is 0 Å². The van der Waals surface area contributed by atoms with E-state index in [1.54, 1.807) is 12.1 Å². The molecule has 1 N–H and O–H groups in total. The molecular weight excluding hydrogens is 393 g/mol. The fourth-order valence-electron chi connectivity index (χ4n) is 3.12. The molecule has 156 valence electrons. The van der Waals surface area contributed by atoms with Gasteiger partial charge in [0.05, 0.1) is 0 Å². The minimum absolute atomic E-state index is 0.0644. The molecule has 0 bridgehead atoms. The molecule has 0 atom stereocenters. The number of rotatable bonds is 7. The van der Waals surface area contributed by atoms with E-state index in [4.69, 9.17) is 0 Å². The smallest absolute Gasteiger partial charge is 0.226 e. The highest BCUT2D eigenvalue weighted by molar-refractivity contribution is 7.15. The first kappa shape index (κ1) is 21.2. The highest BCUT2D eigenvalue weighted by Crippen LogP contribution is 2.22. The van der Waals surface area contributed by atoms with Crippen LogP contribution >= 0.6 is 11.3 Å². The molecule has 9 heteroatoms. The zero-order valence-electron chi connectivity index (χ0n) is 16.7. The zero-order valence-corrected chi connectivity index (χ0v) is 17.5. The Kier molecular flexibility index (Phi) is 7.13. The number of anilines is 2. The number of piperazine rings is 1. The molecule has 1 aliphatic heterocycles. The Balaban J connectivity index is 1.36. The van der Waals surface area contributed by atoms with Crippen LogP contribution in [-0.2, 0) is 9.59 Å². The van der Waals surface area contributed by atoms with Crippen LogP contribution in [0.1, 0.15) is 44.0 Å². The fourth-order valence-corrected chi connectivity index (χ4v) is 3.89. The van der Waals surface area contributed by atoms with E-state index in [0.717, 1.165) is 10.7 Å². The van der Waals surface area contributed by atoms with Gasteiger partial charge in [-0.25, -0.2) is 4.39 Å². The van der Waals surface area contributed by atoms with Crippen LogP contribution in [0.3, 0.4) is 0 Å². The molecule has 2 heterocycles. The maximum Gasteiger partial charge on any atom is 0.226 e. The Bertz CT molecular complexity index is 832. The molecule has 7 nitrogen and oxygen atoms in total. The topological polar surface area (TPSA) is 78.4 Å². The summed E-state index contributed by atoms with van der Waals surface area (Å²) in [4.78, 5) is 28.4. The van der Waals surface area contributed by atoms with Gasteiger partial charge in [0, 0.05) is 50.6 Å². The lowest BCUT2D eigenvalue weighted by Crippen LogP contribution is -2.48. The van der Waals surface area contributed by atoms with Crippen molar-refractivity contribution >= 4 is 34.0 Å². The van der Waals surface area contributed by atoms with E-state index in [2.05, 4.69) is 20.4 Å². The lowest BCUT2D eigenvalue weighted by Gasteiger charge is -2.36. The molecule has 1 fully saturated rings. The largest absolute Gasteiger partial charge is 0.368 e. The van der Waals surface area contributed by atoms with Gasteiger partial charge in [-0.3, -0.25) is 9.59 Å². The number of benzene rings is 1. The lowest BCUT2D eigenvalue weighted by atomic mass is 10.2. The molecule has 0 radical (unpaired) electrons. The fraction of sp³-hybridized carbons (Fsp3) is 0.500. The second kappa shape index (κ2) is 9.78. The minimum Gasteiger partial charge on any atom is -0.368 e. The van der Waals surface area contributed by atoms with Crippen LogP contribution in [0.4, 0.5) is 15.2 Å². The van der Waals surface area contributed by atoms with Gasteiger partial charge in [-0.1, -0.05) is 25.2 Å². The first-order valence-corrected chi connectivity index (χ1v) is 10.7. The van der Waals surface area contributed by atoms with Crippen LogP contribution in [0.2, 0.25) is 0 Å². The van der Waals surface area contributed by atoms with E-state index in [1.807, 2.05) is 18.7 Å². The molecule has 1 aromatic heterocycles. The number of carbonyl (C=O) groups excluding carboxylic acids is 2. The predicted octanol–water partition coefficient (Wildman–Crippen LogP) is 3.26. The summed E-state index contributed by atoms with van der Waals surface area (Å²) >= 11 is 1.38. The summed E-state index contributed by atoms with van der Waals surface area (Å²) in [6.07, 6.45) is 1.12. The van der Waals surface area contributed by atoms with Crippen molar-refractivity contribution in [2.75, 3.05) is 36.4 Å². The summed E-state index contributed by atoms with van der Waals surface area (Å²) in [5.74, 6) is -0.0580. The first-order chi connectivity index (χ1) is 13.9. The molecule has 0 aliphatic carbocycles. The maximum absolute atomic E-state index is 13.0. The van der Waals surface area contributed by atoms with Crippen molar-refractivity contribution in [1.29, 1.82) is 0 Å². The molecule has 2 aromatic rings. The maximum atomic E-state index is 13.0. The number of hydrogen-bond acceptors (Lipinski definition) is 6. The highest BCUT2D eigenvalue weighted by Gasteiger charge is 2.21. The van der Waals surface area contributed by atoms with E-state index in [-0.39, 0.29) is 30.0 Å². The predicted molar refractivity (Wildman–Crippen MR) is 112 cm³/mol. The van der Waals surface area contributed by atoms with Crippen molar-refractivity contribution < 1.29 is 14.0 Å². The van der Waals surface area contributed by atoms with E-state index in [0.29, 0.717) is 44.2 Å². The summed E-state index contributed by atoms with van der Waals surface area (Å²) < 4.78 is 13.0. The molecular formula is C20H26FN5O2S. The minimum atomic E-state index is -0.252. The summed E-state index contributed by atoms with van der Waals surface area (Å²) in [5.41, 5.74) is 0.965. The molecule has 0 spiro atoms. The van der Waals surface area contributed by atoms with E-state index < -0.39 is 0 Å². The quantitative estimate of drug-likeness (QED) is 0.745. The monoisotopic (exact) mass is 419 g/mol. The van der Waals surface area contributed by atoms with Crippen LogP contribution in [0.15, 0.2) is 24.3 Å². The number of carbonyl (C=O) groups is 2. The van der Waals surface area contributed by atoms with Crippen molar-refractivity contribution in [3.63, 3.8) is 0 Å². The van der Waals surface area contributed by atoms with E-state index in [9.17, 15) is 14.0 Å². The summed E-state index contributed by atoms with van der Waals surface area (Å²) in [5, 5.41) is 12.1. The van der Waals surface area contributed by atoms with Gasteiger partial charge in [-0.2, -0.15) is 0 Å². The highest BCUT2D eigenvalue weighted by atomic mass is 32.1. The van der Waals surface area contributed by atoms with Crippen LogP contribution in [0.5, 0.6) is 0 Å². The Morgan fingerprint density at radius 1 is 1.10 bits per heavy atom. The van der Waals surface area contributed by atoms with Crippen LogP contribution < -0.4 is 10.2 Å². The molecule has 1 saturated heterocycles. The Morgan fingerprint density at radius 3 is 2.41 bits per heavy atom. The Hall–Kier alpha value is -2.55. The summed E-state index contributed by atoms with van der Waals surface area (Å²) in [6.45, 7) is 6.74. The molecule has 0 saturated carbocycles. The molecule has 1 aliphatic rings. The van der Waals surface area contributed by atoms with Gasteiger partial charge < -0.3 is 15.1 Å². The number of hydrogen-bond donors (Lipinski definition) is 1. The van der Waals surface area contributed by atoms with Crippen LogP contribution in [0, 0.1) is 5.82 Å². The van der Waals surface area contributed by atoms with Crippen molar-refractivity contribution in [1.82, 2.24) is 15.1 Å². The molecule has 2 amide bonds. The van der Waals surface area contributed by atoms with Gasteiger partial charge in [0.1, 0.15) is 10.8 Å². The molecule has 3 rings (SSSR count). The van der Waals surface area contributed by atoms with Crippen LogP contribution in [0.25, 0.3) is 0 Å². The molecule has 1 aromatic carbocycles. The van der Waals surface area contributed by atoms with Crippen molar-refractivity contribution in [3.05, 3.63) is 35.1 Å². The second-order valence-electron chi connectivity index (χ2n) is 7.35. The van der Waals surface area contributed by atoms with Crippen molar-refractivity contribution in [2.45, 2.75) is 39.0 Å². The van der Waals surface area contributed by atoms with E-state index in [1.165, 1.54) is 23.5 Å². The summed E-state index contributed by atoms with van der Waals surface area (Å²) in [7, 11) is 0. The third kappa shape index (κ3) is 5.96. The number of nitrogens with one attached hydrogen (secondary N) is 1. The van der Waals surface area contributed by atoms with Gasteiger partial charge in [-0.15, -0.1) is 10.2 Å². The standard InChI is InChI=1S/C20H26FN5O2S/c1-14(2)19-23-24-20(29-19)22-17(27)4-3-5-18(28)26-12-10-25(11-13-26)16-8-6-15(21)7-9-16/h6-9,14H,3-5,10-13H2,1-2H3,(H,22,24,27). The Morgan fingerprint density at radius 2 is 1.79 bits per heavy atom. The third-order valence-electron chi connectivity index (χ3n) is 4.80. The van der Waals surface area contributed by atoms with Crippen molar-refractivity contribution in [2.24, 2.45) is 0 Å². The SMILES string of the molecule is CC(C)c1nnc(NC(=O)CCCC(=O)N2CCN(c3ccc(F)cc3)CC2)s1. The average molecular weight is 420 g/mol.